The van der Waals surface area contributed by atoms with Gasteiger partial charge in [-0.3, -0.25) is 0 Å². The molecule has 0 bridgehead atoms. The molecule has 2 heterocycles. The topological polar surface area (TPSA) is 30.5 Å². The maximum Gasteiger partial charge on any atom is 0.159 e. The minimum absolute atomic E-state index is 0.0255. The summed E-state index contributed by atoms with van der Waals surface area (Å²) in [6.45, 7) is 4.57. The zero-order valence-corrected chi connectivity index (χ0v) is 12.4. The fourth-order valence-electron chi connectivity index (χ4n) is 2.01. The second-order valence-corrected chi connectivity index (χ2v) is 6.01. The van der Waals surface area contributed by atoms with Gasteiger partial charge in [-0.1, -0.05) is 6.92 Å². The van der Waals surface area contributed by atoms with Crippen LogP contribution in [0, 0.1) is 0 Å². The maximum atomic E-state index is 5.50. The lowest BCUT2D eigenvalue weighted by molar-refractivity contribution is -0.0525. The molecule has 0 spiro atoms. The summed E-state index contributed by atoms with van der Waals surface area (Å²) in [5.74, 6) is 0. The number of ether oxygens (including phenoxy) is 2. The van der Waals surface area contributed by atoms with Crippen LogP contribution in [0.2, 0.25) is 0 Å². The van der Waals surface area contributed by atoms with Crippen molar-refractivity contribution in [2.75, 3.05) is 19.8 Å². The molecule has 1 atom stereocenters. The van der Waals surface area contributed by atoms with Crippen LogP contribution < -0.4 is 5.32 Å². The summed E-state index contributed by atoms with van der Waals surface area (Å²) in [7, 11) is 0. The molecule has 1 aliphatic rings. The van der Waals surface area contributed by atoms with Crippen LogP contribution in [0.5, 0.6) is 0 Å². The minimum atomic E-state index is -0.0255. The molecule has 1 aromatic heterocycles. The van der Waals surface area contributed by atoms with E-state index < -0.39 is 0 Å². The Labute approximate surface area is 115 Å². The standard InChI is InChI=1S/C12H18BrNO2S/c1-2-14-10(7-12-15-3-4-16-12)6-11-5-9(13)8-17-11/h5,8,10,12,14H,2-4,6-7H2,1H3. The second-order valence-electron chi connectivity index (χ2n) is 4.10. The van der Waals surface area contributed by atoms with Crippen molar-refractivity contribution in [1.82, 2.24) is 5.32 Å². The number of halogens is 1. The zero-order valence-electron chi connectivity index (χ0n) is 9.95. The Balaban J connectivity index is 1.87. The summed E-state index contributed by atoms with van der Waals surface area (Å²) in [4.78, 5) is 1.39. The average molecular weight is 320 g/mol. The van der Waals surface area contributed by atoms with Gasteiger partial charge in [0.2, 0.25) is 0 Å². The van der Waals surface area contributed by atoms with Gasteiger partial charge in [0.15, 0.2) is 6.29 Å². The molecule has 0 aromatic carbocycles. The van der Waals surface area contributed by atoms with E-state index in [0.717, 1.165) is 32.6 Å². The predicted octanol–water partition coefficient (Wildman–Crippen LogP) is 2.79. The lowest BCUT2D eigenvalue weighted by Crippen LogP contribution is -2.34. The van der Waals surface area contributed by atoms with Crippen LogP contribution in [0.15, 0.2) is 15.9 Å². The van der Waals surface area contributed by atoms with E-state index in [4.69, 9.17) is 9.47 Å². The number of nitrogens with one attached hydrogen (secondary N) is 1. The summed E-state index contributed by atoms with van der Waals surface area (Å²) in [5, 5.41) is 5.62. The van der Waals surface area contributed by atoms with Gasteiger partial charge in [0, 0.05) is 27.2 Å². The summed E-state index contributed by atoms with van der Waals surface area (Å²) in [5.41, 5.74) is 0. The molecule has 0 radical (unpaired) electrons. The molecule has 17 heavy (non-hydrogen) atoms. The van der Waals surface area contributed by atoms with Crippen LogP contribution in [0.1, 0.15) is 18.2 Å². The fourth-order valence-corrected chi connectivity index (χ4v) is 3.54. The molecule has 96 valence electrons. The van der Waals surface area contributed by atoms with Crippen molar-refractivity contribution in [3.8, 4) is 0 Å². The van der Waals surface area contributed by atoms with Gasteiger partial charge in [0.05, 0.1) is 13.2 Å². The Morgan fingerprint density at radius 3 is 2.88 bits per heavy atom. The molecule has 1 saturated heterocycles. The summed E-state index contributed by atoms with van der Waals surface area (Å²) in [6.07, 6.45) is 1.93. The van der Waals surface area contributed by atoms with Gasteiger partial charge in [0.1, 0.15) is 0 Å². The Morgan fingerprint density at radius 1 is 1.53 bits per heavy atom. The minimum Gasteiger partial charge on any atom is -0.350 e. The first kappa shape index (κ1) is 13.5. The Hall–Kier alpha value is 0.0600. The third-order valence-corrected chi connectivity index (χ3v) is 4.45. The van der Waals surface area contributed by atoms with E-state index in [1.807, 2.05) is 0 Å². The van der Waals surface area contributed by atoms with E-state index in [0.29, 0.717) is 6.04 Å². The van der Waals surface area contributed by atoms with Crippen LogP contribution in [-0.4, -0.2) is 32.1 Å². The van der Waals surface area contributed by atoms with Crippen LogP contribution in [0.25, 0.3) is 0 Å². The highest BCUT2D eigenvalue weighted by atomic mass is 79.9. The van der Waals surface area contributed by atoms with Crippen molar-refractivity contribution in [3.63, 3.8) is 0 Å². The molecule has 2 rings (SSSR count). The molecule has 1 fully saturated rings. The predicted molar refractivity (Wildman–Crippen MR) is 73.5 cm³/mol. The van der Waals surface area contributed by atoms with Gasteiger partial charge in [-0.25, -0.2) is 0 Å². The van der Waals surface area contributed by atoms with Crippen molar-refractivity contribution in [1.29, 1.82) is 0 Å². The van der Waals surface area contributed by atoms with Crippen LogP contribution in [-0.2, 0) is 15.9 Å². The van der Waals surface area contributed by atoms with Gasteiger partial charge in [-0.05, 0) is 35.0 Å². The van der Waals surface area contributed by atoms with E-state index in [1.165, 1.54) is 9.35 Å². The second kappa shape index (κ2) is 6.85. The van der Waals surface area contributed by atoms with Gasteiger partial charge < -0.3 is 14.8 Å². The third kappa shape index (κ3) is 4.34. The van der Waals surface area contributed by atoms with Crippen molar-refractivity contribution in [3.05, 3.63) is 20.8 Å². The maximum absolute atomic E-state index is 5.50. The first-order chi connectivity index (χ1) is 8.28. The van der Waals surface area contributed by atoms with E-state index in [2.05, 4.69) is 39.6 Å². The van der Waals surface area contributed by atoms with Crippen LogP contribution in [0.4, 0.5) is 0 Å². The normalized spacial score (nSPS) is 18.7. The molecule has 3 nitrogen and oxygen atoms in total. The number of hydrogen-bond donors (Lipinski definition) is 1. The molecular weight excluding hydrogens is 302 g/mol. The number of thiophene rings is 1. The van der Waals surface area contributed by atoms with Crippen molar-refractivity contribution < 1.29 is 9.47 Å². The molecule has 0 aliphatic carbocycles. The molecular formula is C12H18BrNO2S. The number of hydrogen-bond acceptors (Lipinski definition) is 4. The van der Waals surface area contributed by atoms with Gasteiger partial charge >= 0.3 is 0 Å². The first-order valence-electron chi connectivity index (χ1n) is 5.97. The van der Waals surface area contributed by atoms with Crippen molar-refractivity contribution in [2.45, 2.75) is 32.1 Å². The van der Waals surface area contributed by atoms with Gasteiger partial charge in [-0.15, -0.1) is 11.3 Å². The summed E-state index contributed by atoms with van der Waals surface area (Å²) >= 11 is 5.28. The SMILES string of the molecule is CCNC(Cc1cc(Br)cs1)CC1OCCO1. The molecule has 0 amide bonds. The van der Waals surface area contributed by atoms with Gasteiger partial charge in [0.25, 0.3) is 0 Å². The largest absolute Gasteiger partial charge is 0.350 e. The zero-order chi connectivity index (χ0) is 12.1. The molecule has 0 saturated carbocycles. The molecule has 1 aliphatic heterocycles. The number of rotatable bonds is 6. The highest BCUT2D eigenvalue weighted by Crippen LogP contribution is 2.22. The molecule has 5 heteroatoms. The monoisotopic (exact) mass is 319 g/mol. The quantitative estimate of drug-likeness (QED) is 0.874. The van der Waals surface area contributed by atoms with E-state index >= 15 is 0 Å². The summed E-state index contributed by atoms with van der Waals surface area (Å²) < 4.78 is 12.2. The Bertz CT molecular complexity index is 339. The first-order valence-corrected chi connectivity index (χ1v) is 7.64. The Morgan fingerprint density at radius 2 is 2.29 bits per heavy atom. The summed E-state index contributed by atoms with van der Waals surface area (Å²) in [6, 6.07) is 2.61. The molecule has 1 N–H and O–H groups in total. The third-order valence-electron chi connectivity index (χ3n) is 2.73. The fraction of sp³-hybridized carbons (Fsp3) is 0.667. The highest BCUT2D eigenvalue weighted by Gasteiger charge is 2.21. The average Bonchev–Trinajstić information content (AvgIpc) is 2.91. The van der Waals surface area contributed by atoms with Crippen LogP contribution in [0.3, 0.4) is 0 Å². The van der Waals surface area contributed by atoms with Crippen molar-refractivity contribution >= 4 is 27.3 Å². The Kier molecular flexibility index (Phi) is 5.44. The van der Waals surface area contributed by atoms with E-state index in [1.54, 1.807) is 11.3 Å². The van der Waals surface area contributed by atoms with Gasteiger partial charge in [-0.2, -0.15) is 0 Å². The lowest BCUT2D eigenvalue weighted by Gasteiger charge is -2.20. The number of likely N-dealkylation sites (N-methyl/N-ethyl adjacent to an activating group) is 1. The van der Waals surface area contributed by atoms with E-state index in [9.17, 15) is 0 Å². The van der Waals surface area contributed by atoms with Crippen LogP contribution >= 0.6 is 27.3 Å². The smallest absolute Gasteiger partial charge is 0.159 e. The highest BCUT2D eigenvalue weighted by molar-refractivity contribution is 9.10. The molecule has 1 unspecified atom stereocenters. The van der Waals surface area contributed by atoms with E-state index in [-0.39, 0.29) is 6.29 Å². The molecule has 1 aromatic rings. The lowest BCUT2D eigenvalue weighted by atomic mass is 10.1. The van der Waals surface area contributed by atoms with Crippen molar-refractivity contribution in [2.24, 2.45) is 0 Å².